The van der Waals surface area contributed by atoms with Crippen LogP contribution < -0.4 is 5.32 Å². The third-order valence-electron chi connectivity index (χ3n) is 3.36. The van der Waals surface area contributed by atoms with E-state index in [4.69, 9.17) is 4.74 Å². The van der Waals surface area contributed by atoms with Gasteiger partial charge in [0.2, 0.25) is 0 Å². The molecule has 90 valence electrons. The fourth-order valence-corrected chi connectivity index (χ4v) is 3.30. The number of rotatable bonds is 4. The van der Waals surface area contributed by atoms with Crippen LogP contribution in [0.4, 0.5) is 0 Å². The van der Waals surface area contributed by atoms with Gasteiger partial charge in [0.1, 0.15) is 0 Å². The van der Waals surface area contributed by atoms with Crippen LogP contribution in [0.5, 0.6) is 0 Å². The molecule has 0 amide bonds. The SMILES string of the molecule is CCNC(c1ccsc1C)C1COC(C)C1. The lowest BCUT2D eigenvalue weighted by atomic mass is 9.91. The van der Waals surface area contributed by atoms with E-state index in [1.807, 2.05) is 11.3 Å². The van der Waals surface area contributed by atoms with E-state index in [9.17, 15) is 0 Å². The van der Waals surface area contributed by atoms with Gasteiger partial charge in [-0.25, -0.2) is 0 Å². The van der Waals surface area contributed by atoms with Crippen molar-refractivity contribution in [3.8, 4) is 0 Å². The maximum absolute atomic E-state index is 5.69. The van der Waals surface area contributed by atoms with Gasteiger partial charge in [-0.3, -0.25) is 0 Å². The van der Waals surface area contributed by atoms with Gasteiger partial charge in [-0.05, 0) is 43.8 Å². The van der Waals surface area contributed by atoms with Gasteiger partial charge in [-0.1, -0.05) is 6.92 Å². The summed E-state index contributed by atoms with van der Waals surface area (Å²) in [5, 5.41) is 5.80. The highest BCUT2D eigenvalue weighted by atomic mass is 32.1. The molecule has 3 heteroatoms. The highest BCUT2D eigenvalue weighted by Gasteiger charge is 2.31. The molecule has 0 radical (unpaired) electrons. The number of nitrogens with one attached hydrogen (secondary N) is 1. The summed E-state index contributed by atoms with van der Waals surface area (Å²) in [6.45, 7) is 8.47. The Bertz CT molecular complexity index is 336. The van der Waals surface area contributed by atoms with Crippen molar-refractivity contribution in [1.29, 1.82) is 0 Å². The molecule has 1 aliphatic rings. The van der Waals surface area contributed by atoms with Gasteiger partial charge in [-0.15, -0.1) is 11.3 Å². The lowest BCUT2D eigenvalue weighted by Crippen LogP contribution is -2.28. The Kier molecular flexibility index (Phi) is 4.00. The van der Waals surface area contributed by atoms with Gasteiger partial charge in [-0.2, -0.15) is 0 Å². The summed E-state index contributed by atoms with van der Waals surface area (Å²) >= 11 is 1.84. The monoisotopic (exact) mass is 239 g/mol. The molecule has 2 nitrogen and oxygen atoms in total. The zero-order valence-corrected chi connectivity index (χ0v) is 11.1. The maximum atomic E-state index is 5.69. The highest BCUT2D eigenvalue weighted by molar-refractivity contribution is 7.10. The van der Waals surface area contributed by atoms with E-state index in [1.54, 1.807) is 0 Å². The van der Waals surface area contributed by atoms with Crippen molar-refractivity contribution in [2.45, 2.75) is 39.3 Å². The van der Waals surface area contributed by atoms with Gasteiger partial charge in [0.05, 0.1) is 12.7 Å². The minimum atomic E-state index is 0.421. The van der Waals surface area contributed by atoms with Crippen molar-refractivity contribution >= 4 is 11.3 Å². The summed E-state index contributed by atoms with van der Waals surface area (Å²) in [5.74, 6) is 0.628. The quantitative estimate of drug-likeness (QED) is 0.871. The molecule has 1 aliphatic heterocycles. The Labute approximate surface area is 102 Å². The summed E-state index contributed by atoms with van der Waals surface area (Å²) in [5.41, 5.74) is 1.47. The molecular weight excluding hydrogens is 218 g/mol. The van der Waals surface area contributed by atoms with E-state index in [0.29, 0.717) is 18.1 Å². The van der Waals surface area contributed by atoms with E-state index in [1.165, 1.54) is 16.9 Å². The van der Waals surface area contributed by atoms with Crippen LogP contribution in [0.3, 0.4) is 0 Å². The molecule has 3 atom stereocenters. The predicted octanol–water partition coefficient (Wildman–Crippen LogP) is 3.13. The van der Waals surface area contributed by atoms with Crippen molar-refractivity contribution in [2.75, 3.05) is 13.2 Å². The normalized spacial score (nSPS) is 27.2. The Morgan fingerprint density at radius 3 is 2.94 bits per heavy atom. The first-order valence-electron chi connectivity index (χ1n) is 6.11. The molecule has 3 unspecified atom stereocenters. The lowest BCUT2D eigenvalue weighted by molar-refractivity contribution is 0.117. The van der Waals surface area contributed by atoms with Crippen LogP contribution in [-0.4, -0.2) is 19.3 Å². The van der Waals surface area contributed by atoms with E-state index < -0.39 is 0 Å². The van der Waals surface area contributed by atoms with E-state index in [-0.39, 0.29) is 0 Å². The van der Waals surface area contributed by atoms with Crippen LogP contribution in [0.2, 0.25) is 0 Å². The minimum absolute atomic E-state index is 0.421. The first-order chi connectivity index (χ1) is 7.72. The molecule has 0 spiro atoms. The van der Waals surface area contributed by atoms with Crippen LogP contribution in [0.1, 0.15) is 36.8 Å². The van der Waals surface area contributed by atoms with Crippen molar-refractivity contribution in [1.82, 2.24) is 5.32 Å². The third-order valence-corrected chi connectivity index (χ3v) is 4.22. The predicted molar refractivity (Wildman–Crippen MR) is 69.0 cm³/mol. The molecule has 1 saturated heterocycles. The molecule has 16 heavy (non-hydrogen) atoms. The number of aryl methyl sites for hydroxylation is 1. The largest absolute Gasteiger partial charge is 0.378 e. The van der Waals surface area contributed by atoms with Gasteiger partial charge in [0, 0.05) is 16.8 Å². The molecule has 0 bridgehead atoms. The second kappa shape index (κ2) is 5.30. The second-order valence-electron chi connectivity index (χ2n) is 4.61. The molecule has 1 aromatic heterocycles. The second-order valence-corrected chi connectivity index (χ2v) is 5.73. The van der Waals surface area contributed by atoms with Crippen LogP contribution in [-0.2, 0) is 4.74 Å². The summed E-state index contributed by atoms with van der Waals surface area (Å²) in [4.78, 5) is 1.44. The van der Waals surface area contributed by atoms with E-state index in [0.717, 1.165) is 13.2 Å². The molecule has 0 aliphatic carbocycles. The molecule has 1 fully saturated rings. The number of hydrogen-bond acceptors (Lipinski definition) is 3. The molecule has 2 heterocycles. The molecule has 1 aromatic rings. The van der Waals surface area contributed by atoms with Crippen LogP contribution in [0, 0.1) is 12.8 Å². The maximum Gasteiger partial charge on any atom is 0.0551 e. The third kappa shape index (κ3) is 2.47. The standard InChI is InChI=1S/C13H21NOS/c1-4-14-13(11-7-9(2)15-8-11)12-5-6-16-10(12)3/h5-6,9,11,13-14H,4,7-8H2,1-3H3. The molecule has 2 rings (SSSR count). The smallest absolute Gasteiger partial charge is 0.0551 e. The Morgan fingerprint density at radius 2 is 2.44 bits per heavy atom. The summed E-state index contributed by atoms with van der Waals surface area (Å²) in [6.07, 6.45) is 1.59. The van der Waals surface area contributed by atoms with Gasteiger partial charge < -0.3 is 10.1 Å². The van der Waals surface area contributed by atoms with Gasteiger partial charge in [0.25, 0.3) is 0 Å². The van der Waals surface area contributed by atoms with E-state index >= 15 is 0 Å². The summed E-state index contributed by atoms with van der Waals surface area (Å²) in [7, 11) is 0. The van der Waals surface area contributed by atoms with Crippen LogP contribution >= 0.6 is 11.3 Å². The number of ether oxygens (including phenoxy) is 1. The average Bonchev–Trinajstić information content (AvgIpc) is 2.84. The topological polar surface area (TPSA) is 21.3 Å². The Morgan fingerprint density at radius 1 is 1.62 bits per heavy atom. The number of thiophene rings is 1. The zero-order valence-electron chi connectivity index (χ0n) is 10.3. The fourth-order valence-electron chi connectivity index (χ4n) is 2.55. The molecular formula is C13H21NOS. The zero-order chi connectivity index (χ0) is 11.5. The van der Waals surface area contributed by atoms with Gasteiger partial charge >= 0.3 is 0 Å². The van der Waals surface area contributed by atoms with Crippen molar-refractivity contribution in [3.63, 3.8) is 0 Å². The highest BCUT2D eigenvalue weighted by Crippen LogP contribution is 2.34. The Hall–Kier alpha value is -0.380. The van der Waals surface area contributed by atoms with Crippen molar-refractivity contribution in [2.24, 2.45) is 5.92 Å². The lowest BCUT2D eigenvalue weighted by Gasteiger charge is -2.23. The van der Waals surface area contributed by atoms with Crippen molar-refractivity contribution < 1.29 is 4.74 Å². The van der Waals surface area contributed by atoms with E-state index in [2.05, 4.69) is 37.5 Å². The molecule has 0 saturated carbocycles. The first kappa shape index (κ1) is 12.1. The molecule has 1 N–H and O–H groups in total. The first-order valence-corrected chi connectivity index (χ1v) is 6.99. The summed E-state index contributed by atoms with van der Waals surface area (Å²) in [6, 6.07) is 2.73. The minimum Gasteiger partial charge on any atom is -0.378 e. The fraction of sp³-hybridized carbons (Fsp3) is 0.692. The average molecular weight is 239 g/mol. The number of hydrogen-bond donors (Lipinski definition) is 1. The van der Waals surface area contributed by atoms with Gasteiger partial charge in [0.15, 0.2) is 0 Å². The molecule has 0 aromatic carbocycles. The van der Waals surface area contributed by atoms with Crippen LogP contribution in [0.15, 0.2) is 11.4 Å². The van der Waals surface area contributed by atoms with Crippen molar-refractivity contribution in [3.05, 3.63) is 21.9 Å². The summed E-state index contributed by atoms with van der Waals surface area (Å²) < 4.78 is 5.69. The van der Waals surface area contributed by atoms with Crippen LogP contribution in [0.25, 0.3) is 0 Å². The Balaban J connectivity index is 2.14.